The lowest BCUT2D eigenvalue weighted by Crippen LogP contribution is -2.03. The molecule has 0 aliphatic heterocycles. The maximum Gasteiger partial charge on any atom is 0.0935 e. The summed E-state index contributed by atoms with van der Waals surface area (Å²) < 4.78 is 0. The molecule has 0 spiro atoms. The van der Waals surface area contributed by atoms with E-state index in [1.54, 1.807) is 0 Å². The molecule has 0 unspecified atom stereocenters. The van der Waals surface area contributed by atoms with Crippen LogP contribution in [0.2, 0.25) is 0 Å². The number of hydrogen-bond donors (Lipinski definition) is 1. The van der Waals surface area contributed by atoms with Gasteiger partial charge in [0.1, 0.15) is 0 Å². The molecule has 3 rings (SSSR count). The third-order valence-corrected chi connectivity index (χ3v) is 3.52. The molecule has 21 heavy (non-hydrogen) atoms. The first-order valence-corrected chi connectivity index (χ1v) is 7.13. The first-order valence-electron chi connectivity index (χ1n) is 7.13. The number of anilines is 1. The molecule has 0 radical (unpaired) electrons. The van der Waals surface area contributed by atoms with Crippen molar-refractivity contribution < 1.29 is 0 Å². The first kappa shape index (κ1) is 13.4. The predicted octanol–water partition coefficient (Wildman–Crippen LogP) is 4.67. The fraction of sp³-hybridized carbons (Fsp3) is 0.105. The van der Waals surface area contributed by atoms with Crippen molar-refractivity contribution in [3.63, 3.8) is 0 Å². The van der Waals surface area contributed by atoms with Crippen molar-refractivity contribution in [1.29, 1.82) is 0 Å². The van der Waals surface area contributed by atoms with Gasteiger partial charge in [-0.25, -0.2) is 0 Å². The van der Waals surface area contributed by atoms with Crippen LogP contribution in [-0.4, -0.2) is 4.98 Å². The van der Waals surface area contributed by atoms with E-state index in [4.69, 9.17) is 0 Å². The summed E-state index contributed by atoms with van der Waals surface area (Å²) in [6.45, 7) is 2.91. The molecule has 1 N–H and O–H groups in total. The Morgan fingerprint density at radius 1 is 0.857 bits per heavy atom. The second-order valence-electron chi connectivity index (χ2n) is 5.06. The summed E-state index contributed by atoms with van der Waals surface area (Å²) in [6.07, 6.45) is 1.87. The van der Waals surface area contributed by atoms with Crippen LogP contribution in [0.3, 0.4) is 0 Å². The molecule has 0 atom stereocenters. The van der Waals surface area contributed by atoms with Gasteiger partial charge in [0.2, 0.25) is 0 Å². The van der Waals surface area contributed by atoms with Crippen molar-refractivity contribution >= 4 is 5.69 Å². The Morgan fingerprint density at radius 2 is 1.52 bits per heavy atom. The molecule has 104 valence electrons. The summed E-state index contributed by atoms with van der Waals surface area (Å²) in [5.41, 5.74) is 5.72. The van der Waals surface area contributed by atoms with E-state index in [2.05, 4.69) is 53.6 Å². The zero-order valence-electron chi connectivity index (χ0n) is 12.1. The molecule has 0 aliphatic carbocycles. The van der Waals surface area contributed by atoms with Crippen molar-refractivity contribution in [3.8, 4) is 11.3 Å². The highest BCUT2D eigenvalue weighted by Crippen LogP contribution is 2.28. The number of hydrogen-bond acceptors (Lipinski definition) is 2. The lowest BCUT2D eigenvalue weighted by Gasteiger charge is -2.14. The summed E-state index contributed by atoms with van der Waals surface area (Å²) in [4.78, 5) is 4.56. The zero-order valence-corrected chi connectivity index (χ0v) is 12.1. The number of benzene rings is 2. The second kappa shape index (κ2) is 6.23. The van der Waals surface area contributed by atoms with Crippen LogP contribution in [-0.2, 0) is 6.54 Å². The number of aromatic nitrogens is 1. The molecule has 3 aromatic rings. The van der Waals surface area contributed by atoms with Crippen LogP contribution in [0.1, 0.15) is 11.1 Å². The van der Waals surface area contributed by atoms with Crippen LogP contribution in [0, 0.1) is 6.92 Å². The van der Waals surface area contributed by atoms with Gasteiger partial charge >= 0.3 is 0 Å². The van der Waals surface area contributed by atoms with E-state index in [-0.39, 0.29) is 0 Å². The number of nitrogens with one attached hydrogen (secondary N) is 1. The highest BCUT2D eigenvalue weighted by molar-refractivity contribution is 5.76. The Labute approximate surface area is 125 Å². The normalized spacial score (nSPS) is 10.3. The van der Waals surface area contributed by atoms with Gasteiger partial charge in [-0.1, -0.05) is 60.7 Å². The standard InChI is InChI=1S/C19H18N2/c1-15-12-13-20-19(17-10-6-3-7-11-17)18(15)21-14-16-8-4-2-5-9-16/h2-13,21H,14H2,1H3. The number of rotatable bonds is 4. The molecule has 0 saturated carbocycles. The molecule has 0 saturated heterocycles. The van der Waals surface area contributed by atoms with E-state index in [0.717, 1.165) is 23.5 Å². The SMILES string of the molecule is Cc1ccnc(-c2ccccc2)c1NCc1ccccc1. The summed E-state index contributed by atoms with van der Waals surface area (Å²) in [7, 11) is 0. The van der Waals surface area contributed by atoms with E-state index in [9.17, 15) is 0 Å². The second-order valence-corrected chi connectivity index (χ2v) is 5.06. The highest BCUT2D eigenvalue weighted by Gasteiger charge is 2.08. The molecular weight excluding hydrogens is 256 g/mol. The van der Waals surface area contributed by atoms with Gasteiger partial charge in [0, 0.05) is 18.3 Å². The molecule has 1 heterocycles. The lowest BCUT2D eigenvalue weighted by molar-refractivity contribution is 1.13. The number of nitrogens with zero attached hydrogens (tertiary/aromatic N) is 1. The van der Waals surface area contributed by atoms with Crippen molar-refractivity contribution in [1.82, 2.24) is 4.98 Å². The molecular formula is C19H18N2. The minimum Gasteiger partial charge on any atom is -0.379 e. The van der Waals surface area contributed by atoms with Gasteiger partial charge in [-0.3, -0.25) is 4.98 Å². The molecule has 2 aromatic carbocycles. The Kier molecular flexibility index (Phi) is 3.97. The van der Waals surface area contributed by atoms with Gasteiger partial charge in [-0.15, -0.1) is 0 Å². The monoisotopic (exact) mass is 274 g/mol. The molecule has 2 heteroatoms. The maximum absolute atomic E-state index is 4.56. The van der Waals surface area contributed by atoms with Crippen molar-refractivity contribution in [2.45, 2.75) is 13.5 Å². The van der Waals surface area contributed by atoms with E-state index in [0.29, 0.717) is 0 Å². The van der Waals surface area contributed by atoms with Crippen LogP contribution in [0.25, 0.3) is 11.3 Å². The summed E-state index contributed by atoms with van der Waals surface area (Å²) in [5, 5.41) is 3.53. The van der Waals surface area contributed by atoms with Crippen molar-refractivity contribution in [2.24, 2.45) is 0 Å². The van der Waals surface area contributed by atoms with E-state index < -0.39 is 0 Å². The molecule has 1 aromatic heterocycles. The Balaban J connectivity index is 1.91. The van der Waals surface area contributed by atoms with Crippen molar-refractivity contribution in [2.75, 3.05) is 5.32 Å². The quantitative estimate of drug-likeness (QED) is 0.748. The van der Waals surface area contributed by atoms with Gasteiger partial charge < -0.3 is 5.32 Å². The largest absolute Gasteiger partial charge is 0.379 e. The lowest BCUT2D eigenvalue weighted by atomic mass is 10.1. The summed E-state index contributed by atoms with van der Waals surface area (Å²) in [6, 6.07) is 22.7. The Hall–Kier alpha value is -2.61. The third-order valence-electron chi connectivity index (χ3n) is 3.52. The van der Waals surface area contributed by atoms with E-state index >= 15 is 0 Å². The van der Waals surface area contributed by atoms with Crippen LogP contribution >= 0.6 is 0 Å². The van der Waals surface area contributed by atoms with Gasteiger partial charge in [-0.05, 0) is 24.1 Å². The van der Waals surface area contributed by atoms with Gasteiger partial charge in [0.05, 0.1) is 11.4 Å². The van der Waals surface area contributed by atoms with Crippen LogP contribution in [0.5, 0.6) is 0 Å². The van der Waals surface area contributed by atoms with E-state index in [1.165, 1.54) is 11.1 Å². The fourth-order valence-corrected chi connectivity index (χ4v) is 2.38. The molecule has 0 bridgehead atoms. The zero-order chi connectivity index (χ0) is 14.5. The summed E-state index contributed by atoms with van der Waals surface area (Å²) >= 11 is 0. The third kappa shape index (κ3) is 3.11. The van der Waals surface area contributed by atoms with Crippen LogP contribution in [0.15, 0.2) is 72.9 Å². The fourth-order valence-electron chi connectivity index (χ4n) is 2.38. The Bertz CT molecular complexity index is 706. The summed E-state index contributed by atoms with van der Waals surface area (Å²) in [5.74, 6) is 0. The maximum atomic E-state index is 4.56. The number of pyridine rings is 1. The molecule has 0 aliphatic rings. The van der Waals surface area contributed by atoms with Crippen molar-refractivity contribution in [3.05, 3.63) is 84.1 Å². The number of aryl methyl sites for hydroxylation is 1. The molecule has 0 amide bonds. The molecule has 2 nitrogen and oxygen atoms in total. The average Bonchev–Trinajstić information content (AvgIpc) is 2.55. The van der Waals surface area contributed by atoms with Gasteiger partial charge in [-0.2, -0.15) is 0 Å². The average molecular weight is 274 g/mol. The first-order chi connectivity index (χ1) is 10.3. The topological polar surface area (TPSA) is 24.9 Å². The predicted molar refractivity (Wildman–Crippen MR) is 88.2 cm³/mol. The van der Waals surface area contributed by atoms with Gasteiger partial charge in [0.25, 0.3) is 0 Å². The highest BCUT2D eigenvalue weighted by atomic mass is 14.9. The van der Waals surface area contributed by atoms with Crippen LogP contribution in [0.4, 0.5) is 5.69 Å². The minimum atomic E-state index is 0.799. The van der Waals surface area contributed by atoms with Gasteiger partial charge in [0.15, 0.2) is 0 Å². The van der Waals surface area contributed by atoms with Crippen LogP contribution < -0.4 is 5.32 Å². The smallest absolute Gasteiger partial charge is 0.0935 e. The van der Waals surface area contributed by atoms with E-state index in [1.807, 2.05) is 36.5 Å². The molecule has 0 fully saturated rings. The minimum absolute atomic E-state index is 0.799. The Morgan fingerprint density at radius 3 is 2.24 bits per heavy atom.